The Labute approximate surface area is 197 Å². The minimum Gasteiger partial charge on any atom is -0.481 e. The summed E-state index contributed by atoms with van der Waals surface area (Å²) in [5, 5.41) is 17.2. The van der Waals surface area contributed by atoms with Gasteiger partial charge in [-0.25, -0.2) is 23.7 Å². The van der Waals surface area contributed by atoms with Gasteiger partial charge in [0.05, 0.1) is 12.1 Å². The molecule has 0 aliphatic heterocycles. The first kappa shape index (κ1) is 21.2. The number of pyridine rings is 1. The molecule has 3 fully saturated rings. The highest BCUT2D eigenvalue weighted by Crippen LogP contribution is 2.46. The molecule has 3 saturated carbocycles. The Hall–Kier alpha value is -3.40. The van der Waals surface area contributed by atoms with E-state index in [2.05, 4.69) is 25.3 Å². The molecule has 4 aromatic rings. The Morgan fingerprint density at radius 3 is 2.71 bits per heavy atom. The van der Waals surface area contributed by atoms with Gasteiger partial charge in [-0.1, -0.05) is 0 Å². The number of nitrogens with one attached hydrogen (secondary N) is 2. The molecule has 2 unspecified atom stereocenters. The minimum absolute atomic E-state index is 0.0336. The molecule has 7 rings (SSSR count). The maximum atomic E-state index is 15.8. The van der Waals surface area contributed by atoms with Crippen LogP contribution in [-0.4, -0.2) is 37.1 Å². The van der Waals surface area contributed by atoms with Crippen molar-refractivity contribution in [2.24, 2.45) is 17.8 Å². The van der Waals surface area contributed by atoms with Crippen LogP contribution in [0.2, 0.25) is 0 Å². The Morgan fingerprint density at radius 2 is 1.97 bits per heavy atom. The monoisotopic (exact) mass is 481 g/mol. The molecule has 2 bridgehead atoms. The van der Waals surface area contributed by atoms with E-state index < -0.39 is 29.6 Å². The van der Waals surface area contributed by atoms with Gasteiger partial charge in [-0.3, -0.25) is 4.79 Å². The smallest absolute Gasteiger partial charge is 0.308 e. The number of hydrogen-bond donors (Lipinski definition) is 3. The van der Waals surface area contributed by atoms with Gasteiger partial charge in [-0.2, -0.15) is 11.3 Å². The van der Waals surface area contributed by atoms with Crippen LogP contribution in [-0.2, 0) is 4.79 Å². The van der Waals surface area contributed by atoms with Crippen LogP contribution >= 0.6 is 11.3 Å². The molecule has 3 N–H and O–H groups in total. The third kappa shape index (κ3) is 3.44. The number of H-pyrrole nitrogens is 1. The summed E-state index contributed by atoms with van der Waals surface area (Å²) in [5.74, 6) is -2.21. The average Bonchev–Trinajstić information content (AvgIpc) is 3.51. The lowest BCUT2D eigenvalue weighted by Crippen LogP contribution is -2.51. The lowest BCUT2D eigenvalue weighted by molar-refractivity contribution is -0.148. The number of aliphatic carboxylic acids is 1. The maximum absolute atomic E-state index is 15.8. The van der Waals surface area contributed by atoms with E-state index >= 15 is 4.39 Å². The molecule has 3 aliphatic carbocycles. The van der Waals surface area contributed by atoms with Crippen molar-refractivity contribution in [2.45, 2.75) is 31.7 Å². The number of anilines is 1. The van der Waals surface area contributed by atoms with E-state index in [9.17, 15) is 14.3 Å². The summed E-state index contributed by atoms with van der Waals surface area (Å²) in [7, 11) is 0. The zero-order valence-electron chi connectivity index (χ0n) is 18.0. The van der Waals surface area contributed by atoms with Crippen molar-refractivity contribution in [2.75, 3.05) is 5.32 Å². The number of halogens is 2. The Balaban J connectivity index is 1.49. The molecule has 4 heterocycles. The van der Waals surface area contributed by atoms with Crippen molar-refractivity contribution in [1.82, 2.24) is 19.9 Å². The van der Waals surface area contributed by atoms with Gasteiger partial charge in [0.2, 0.25) is 0 Å². The molecule has 0 radical (unpaired) electrons. The topological polar surface area (TPSA) is 104 Å². The number of thiophene rings is 1. The summed E-state index contributed by atoms with van der Waals surface area (Å²) >= 11 is 1.42. The van der Waals surface area contributed by atoms with Gasteiger partial charge in [0.1, 0.15) is 17.2 Å². The summed E-state index contributed by atoms with van der Waals surface area (Å²) in [5.41, 5.74) is 1.66. The zero-order chi connectivity index (χ0) is 23.4. The molecule has 0 amide bonds. The van der Waals surface area contributed by atoms with E-state index in [0.717, 1.165) is 31.9 Å². The van der Waals surface area contributed by atoms with Crippen LogP contribution < -0.4 is 5.32 Å². The van der Waals surface area contributed by atoms with Gasteiger partial charge < -0.3 is 15.4 Å². The average molecular weight is 482 g/mol. The van der Waals surface area contributed by atoms with E-state index in [-0.39, 0.29) is 29.2 Å². The normalized spacial score (nSPS) is 23.9. The van der Waals surface area contributed by atoms with Gasteiger partial charge in [-0.05, 0) is 55.0 Å². The van der Waals surface area contributed by atoms with Crippen LogP contribution in [0.3, 0.4) is 0 Å². The van der Waals surface area contributed by atoms with Gasteiger partial charge in [-0.15, -0.1) is 0 Å². The summed E-state index contributed by atoms with van der Waals surface area (Å²) in [6.07, 6.45) is 6.32. The van der Waals surface area contributed by atoms with Crippen LogP contribution in [0.4, 0.5) is 14.6 Å². The second kappa shape index (κ2) is 8.12. The van der Waals surface area contributed by atoms with E-state index in [0.29, 0.717) is 22.2 Å². The van der Waals surface area contributed by atoms with Crippen molar-refractivity contribution in [1.29, 1.82) is 0 Å². The van der Waals surface area contributed by atoms with Crippen LogP contribution in [0.5, 0.6) is 0 Å². The summed E-state index contributed by atoms with van der Waals surface area (Å²) in [6.45, 7) is 0. The van der Waals surface area contributed by atoms with Gasteiger partial charge >= 0.3 is 5.97 Å². The predicted octanol–water partition coefficient (Wildman–Crippen LogP) is 5.33. The summed E-state index contributed by atoms with van der Waals surface area (Å²) in [6, 6.07) is 2.68. The SMILES string of the molecule is O=C(O)C1C2CCC(CC2)C1Nc1nc(-c2c[nH]c3ncc(F)cc23)nc(-c2ccsc2)c1F. The number of carboxylic acids is 1. The van der Waals surface area contributed by atoms with Crippen molar-refractivity contribution >= 4 is 34.2 Å². The fourth-order valence-corrected chi connectivity index (χ4v) is 6.23. The molecule has 34 heavy (non-hydrogen) atoms. The number of nitrogens with zero attached hydrogens (tertiary/aromatic N) is 3. The standard InChI is InChI=1S/C24H21F2N5O2S/c25-14-7-15-16(9-28-21(15)27-8-14)22-30-20(13-5-6-34-10-13)18(26)23(31-22)29-19-12-3-1-11(2-4-12)17(19)24(32)33/h5-12,17,19H,1-4H2,(H,27,28)(H,32,33)(H,29,30,31). The largest absolute Gasteiger partial charge is 0.481 e. The highest BCUT2D eigenvalue weighted by molar-refractivity contribution is 7.08. The molecule has 0 saturated heterocycles. The second-order valence-electron chi connectivity index (χ2n) is 9.03. The number of carboxylic acid groups (broad SMARTS) is 1. The van der Waals surface area contributed by atoms with Gasteiger partial charge in [0, 0.05) is 34.1 Å². The van der Waals surface area contributed by atoms with Gasteiger partial charge in [0.25, 0.3) is 0 Å². The molecule has 10 heteroatoms. The molecular formula is C24H21F2N5O2S. The van der Waals surface area contributed by atoms with Crippen molar-refractivity contribution in [3.8, 4) is 22.6 Å². The lowest BCUT2D eigenvalue weighted by Gasteiger charge is -2.47. The number of fused-ring (bicyclic) bond motifs is 4. The van der Waals surface area contributed by atoms with Crippen LogP contribution in [0.1, 0.15) is 25.7 Å². The van der Waals surface area contributed by atoms with E-state index in [1.54, 1.807) is 17.6 Å². The van der Waals surface area contributed by atoms with Crippen LogP contribution in [0, 0.1) is 29.4 Å². The number of hydrogen-bond acceptors (Lipinski definition) is 6. The van der Waals surface area contributed by atoms with Crippen molar-refractivity contribution < 1.29 is 18.7 Å². The van der Waals surface area contributed by atoms with Crippen molar-refractivity contribution in [3.63, 3.8) is 0 Å². The molecule has 174 valence electrons. The first-order valence-corrected chi connectivity index (χ1v) is 12.2. The molecule has 4 aromatic heterocycles. The third-order valence-corrected chi connectivity index (χ3v) is 7.88. The highest BCUT2D eigenvalue weighted by Gasteiger charge is 2.47. The lowest BCUT2D eigenvalue weighted by atomic mass is 9.61. The Morgan fingerprint density at radius 1 is 1.18 bits per heavy atom. The number of aromatic nitrogens is 4. The van der Waals surface area contributed by atoms with Crippen molar-refractivity contribution in [3.05, 3.63) is 46.9 Å². The van der Waals surface area contributed by atoms with E-state index in [1.807, 2.05) is 5.38 Å². The highest BCUT2D eigenvalue weighted by atomic mass is 32.1. The van der Waals surface area contributed by atoms with E-state index in [1.165, 1.54) is 17.4 Å². The van der Waals surface area contributed by atoms with E-state index in [4.69, 9.17) is 0 Å². The molecule has 3 aliphatic rings. The zero-order valence-corrected chi connectivity index (χ0v) is 18.8. The molecule has 0 aromatic carbocycles. The first-order valence-electron chi connectivity index (χ1n) is 11.2. The number of rotatable bonds is 5. The summed E-state index contributed by atoms with van der Waals surface area (Å²) < 4.78 is 29.7. The molecular weight excluding hydrogens is 460 g/mol. The van der Waals surface area contributed by atoms with Crippen LogP contribution in [0.15, 0.2) is 35.3 Å². The molecule has 7 nitrogen and oxygen atoms in total. The molecule has 0 spiro atoms. The van der Waals surface area contributed by atoms with Crippen LogP contribution in [0.25, 0.3) is 33.7 Å². The predicted molar refractivity (Wildman–Crippen MR) is 124 cm³/mol. The fraction of sp³-hybridized carbons (Fsp3) is 0.333. The Bertz CT molecular complexity index is 1380. The first-order chi connectivity index (χ1) is 16.5. The third-order valence-electron chi connectivity index (χ3n) is 7.19. The fourth-order valence-electron chi connectivity index (χ4n) is 5.59. The Kier molecular flexibility index (Phi) is 5.05. The molecule has 2 atom stereocenters. The quantitative estimate of drug-likeness (QED) is 0.356. The number of carbonyl (C=O) groups is 1. The van der Waals surface area contributed by atoms with Gasteiger partial charge in [0.15, 0.2) is 17.5 Å². The minimum atomic E-state index is -0.863. The summed E-state index contributed by atoms with van der Waals surface area (Å²) in [4.78, 5) is 28.1. The maximum Gasteiger partial charge on any atom is 0.308 e. The number of aromatic amines is 1. The second-order valence-corrected chi connectivity index (χ2v) is 9.81.